The number of rotatable bonds is 4. The highest BCUT2D eigenvalue weighted by Gasteiger charge is 2.03. The van der Waals surface area contributed by atoms with Crippen molar-refractivity contribution < 1.29 is 9.53 Å². The molecule has 0 amide bonds. The van der Waals surface area contributed by atoms with Gasteiger partial charge in [0, 0.05) is 11.8 Å². The van der Waals surface area contributed by atoms with E-state index >= 15 is 0 Å². The second-order valence-electron chi connectivity index (χ2n) is 1.94. The van der Waals surface area contributed by atoms with Crippen LogP contribution in [0.25, 0.3) is 0 Å². The maximum absolute atomic E-state index is 10.6. The summed E-state index contributed by atoms with van der Waals surface area (Å²) in [7, 11) is 0. The highest BCUT2D eigenvalue weighted by molar-refractivity contribution is 6.20. The molecule has 1 unspecified atom stereocenters. The van der Waals surface area contributed by atoms with Gasteiger partial charge >= 0.3 is 5.97 Å². The Labute approximate surface area is 70.4 Å². The predicted octanol–water partition coefficient (Wildman–Crippen LogP) is 2.13. The van der Waals surface area contributed by atoms with Gasteiger partial charge in [0.1, 0.15) is 0 Å². The molecule has 0 fully saturated rings. The number of esters is 1. The SMILES string of the molecule is CC(Cl)CCC(=O)OCCl. The van der Waals surface area contributed by atoms with Crippen molar-refractivity contribution in [3.63, 3.8) is 0 Å². The Balaban J connectivity index is 3.22. The Bertz CT molecular complexity index is 104. The molecule has 0 radical (unpaired) electrons. The van der Waals surface area contributed by atoms with Crippen molar-refractivity contribution in [3.05, 3.63) is 0 Å². The van der Waals surface area contributed by atoms with E-state index in [1.807, 2.05) is 6.92 Å². The van der Waals surface area contributed by atoms with Crippen LogP contribution in [-0.4, -0.2) is 17.4 Å². The maximum Gasteiger partial charge on any atom is 0.307 e. The Hall–Kier alpha value is 0.0500. The lowest BCUT2D eigenvalue weighted by atomic mass is 10.2. The molecule has 0 bridgehead atoms. The molecular formula is C6H10Cl2O2. The van der Waals surface area contributed by atoms with E-state index in [4.69, 9.17) is 23.2 Å². The standard InChI is InChI=1S/C6H10Cl2O2/c1-5(8)2-3-6(9)10-4-7/h5H,2-4H2,1H3. The molecule has 1 atom stereocenters. The minimum Gasteiger partial charge on any atom is -0.449 e. The van der Waals surface area contributed by atoms with Crippen molar-refractivity contribution in [1.82, 2.24) is 0 Å². The molecule has 0 aromatic heterocycles. The third-order valence-corrected chi connectivity index (χ3v) is 1.29. The molecule has 10 heavy (non-hydrogen) atoms. The summed E-state index contributed by atoms with van der Waals surface area (Å²) < 4.78 is 4.46. The first-order valence-corrected chi connectivity index (χ1v) is 3.99. The topological polar surface area (TPSA) is 26.3 Å². The monoisotopic (exact) mass is 184 g/mol. The summed E-state index contributed by atoms with van der Waals surface area (Å²) in [5.41, 5.74) is 0. The summed E-state index contributed by atoms with van der Waals surface area (Å²) in [5.74, 6) is -0.289. The van der Waals surface area contributed by atoms with Crippen molar-refractivity contribution in [3.8, 4) is 0 Å². The Kier molecular flexibility index (Phi) is 5.84. The van der Waals surface area contributed by atoms with E-state index in [1.54, 1.807) is 0 Å². The van der Waals surface area contributed by atoms with E-state index in [0.717, 1.165) is 0 Å². The van der Waals surface area contributed by atoms with Crippen LogP contribution in [0.15, 0.2) is 0 Å². The van der Waals surface area contributed by atoms with Crippen LogP contribution in [0.1, 0.15) is 19.8 Å². The van der Waals surface area contributed by atoms with Gasteiger partial charge in [0.05, 0.1) is 0 Å². The van der Waals surface area contributed by atoms with Gasteiger partial charge in [0.2, 0.25) is 0 Å². The minimum atomic E-state index is -0.289. The average Bonchev–Trinajstić information content (AvgIpc) is 1.85. The quantitative estimate of drug-likeness (QED) is 0.495. The van der Waals surface area contributed by atoms with Crippen molar-refractivity contribution in [2.75, 3.05) is 6.07 Å². The predicted molar refractivity (Wildman–Crippen MR) is 41.4 cm³/mol. The molecule has 4 heteroatoms. The molecule has 0 aliphatic carbocycles. The Morgan fingerprint density at radius 3 is 2.70 bits per heavy atom. The molecule has 0 heterocycles. The second kappa shape index (κ2) is 5.81. The molecule has 0 saturated carbocycles. The fourth-order valence-corrected chi connectivity index (χ4v) is 0.681. The van der Waals surface area contributed by atoms with Gasteiger partial charge < -0.3 is 4.74 Å². The number of carbonyl (C=O) groups is 1. The van der Waals surface area contributed by atoms with E-state index in [-0.39, 0.29) is 17.4 Å². The van der Waals surface area contributed by atoms with Crippen LogP contribution in [0, 0.1) is 0 Å². The number of ether oxygens (including phenoxy) is 1. The van der Waals surface area contributed by atoms with Crippen molar-refractivity contribution >= 4 is 29.2 Å². The fourth-order valence-electron chi connectivity index (χ4n) is 0.450. The highest BCUT2D eigenvalue weighted by Crippen LogP contribution is 2.04. The third-order valence-electron chi connectivity index (χ3n) is 0.962. The van der Waals surface area contributed by atoms with Crippen LogP contribution < -0.4 is 0 Å². The van der Waals surface area contributed by atoms with Crippen molar-refractivity contribution in [1.29, 1.82) is 0 Å². The molecule has 0 aromatic rings. The summed E-state index contributed by atoms with van der Waals surface area (Å²) in [4.78, 5) is 10.6. The third kappa shape index (κ3) is 6.17. The van der Waals surface area contributed by atoms with Crippen LogP contribution in [0.3, 0.4) is 0 Å². The maximum atomic E-state index is 10.6. The molecule has 0 spiro atoms. The van der Waals surface area contributed by atoms with Crippen LogP contribution in [0.4, 0.5) is 0 Å². The van der Waals surface area contributed by atoms with Gasteiger partial charge in [-0.25, -0.2) is 0 Å². The first-order valence-electron chi connectivity index (χ1n) is 3.02. The molecule has 2 nitrogen and oxygen atoms in total. The average molecular weight is 185 g/mol. The molecular weight excluding hydrogens is 175 g/mol. The summed E-state index contributed by atoms with van der Waals surface area (Å²) in [5, 5.41) is 0.0166. The summed E-state index contributed by atoms with van der Waals surface area (Å²) in [6.07, 6.45) is 0.981. The Morgan fingerprint density at radius 2 is 2.30 bits per heavy atom. The number of carbonyl (C=O) groups excluding carboxylic acids is 1. The van der Waals surface area contributed by atoms with Gasteiger partial charge in [-0.1, -0.05) is 11.6 Å². The molecule has 0 aromatic carbocycles. The normalized spacial score (nSPS) is 12.7. The lowest BCUT2D eigenvalue weighted by molar-refractivity contribution is -0.141. The van der Waals surface area contributed by atoms with Crippen LogP contribution in [0.5, 0.6) is 0 Å². The van der Waals surface area contributed by atoms with Crippen LogP contribution in [-0.2, 0) is 9.53 Å². The molecule has 60 valence electrons. The number of hydrogen-bond acceptors (Lipinski definition) is 2. The number of hydrogen-bond donors (Lipinski definition) is 0. The molecule has 0 N–H and O–H groups in total. The number of halogens is 2. The molecule has 0 rings (SSSR count). The van der Waals surface area contributed by atoms with Crippen LogP contribution >= 0.6 is 23.2 Å². The lowest BCUT2D eigenvalue weighted by Crippen LogP contribution is -2.04. The molecule has 0 aliphatic heterocycles. The van der Waals surface area contributed by atoms with E-state index < -0.39 is 0 Å². The summed E-state index contributed by atoms with van der Waals surface area (Å²) >= 11 is 10.7. The first kappa shape index (κ1) is 10.0. The van der Waals surface area contributed by atoms with E-state index in [2.05, 4.69) is 4.74 Å². The fraction of sp³-hybridized carbons (Fsp3) is 0.833. The van der Waals surface area contributed by atoms with Gasteiger partial charge in [-0.05, 0) is 13.3 Å². The van der Waals surface area contributed by atoms with Gasteiger partial charge in [0.15, 0.2) is 6.07 Å². The van der Waals surface area contributed by atoms with Gasteiger partial charge in [0.25, 0.3) is 0 Å². The second-order valence-corrected chi connectivity index (χ2v) is 2.91. The Morgan fingerprint density at radius 1 is 1.70 bits per heavy atom. The molecule has 0 saturated heterocycles. The largest absolute Gasteiger partial charge is 0.449 e. The van der Waals surface area contributed by atoms with E-state index in [0.29, 0.717) is 12.8 Å². The van der Waals surface area contributed by atoms with Gasteiger partial charge in [-0.3, -0.25) is 4.79 Å². The zero-order valence-corrected chi connectivity index (χ0v) is 7.28. The van der Waals surface area contributed by atoms with Crippen LogP contribution in [0.2, 0.25) is 0 Å². The molecule has 0 aliphatic rings. The zero-order chi connectivity index (χ0) is 7.98. The number of alkyl halides is 2. The van der Waals surface area contributed by atoms with Crippen molar-refractivity contribution in [2.45, 2.75) is 25.1 Å². The highest BCUT2D eigenvalue weighted by atomic mass is 35.5. The van der Waals surface area contributed by atoms with E-state index in [1.165, 1.54) is 0 Å². The van der Waals surface area contributed by atoms with Crippen molar-refractivity contribution in [2.24, 2.45) is 0 Å². The first-order chi connectivity index (χ1) is 4.66. The lowest BCUT2D eigenvalue weighted by Gasteiger charge is -2.00. The smallest absolute Gasteiger partial charge is 0.307 e. The van der Waals surface area contributed by atoms with Gasteiger partial charge in [-0.15, -0.1) is 11.6 Å². The van der Waals surface area contributed by atoms with Gasteiger partial charge in [-0.2, -0.15) is 0 Å². The van der Waals surface area contributed by atoms with E-state index in [9.17, 15) is 4.79 Å². The minimum absolute atomic E-state index is 0.0166. The zero-order valence-electron chi connectivity index (χ0n) is 5.77. The summed E-state index contributed by atoms with van der Waals surface area (Å²) in [6.45, 7) is 1.83. The summed E-state index contributed by atoms with van der Waals surface area (Å²) in [6, 6.07) is -0.0739.